The van der Waals surface area contributed by atoms with Gasteiger partial charge in [-0.05, 0) is 45.0 Å². The Bertz CT molecular complexity index is 791. The number of allylic oxidation sites excluding steroid dienone is 1. The molecule has 118 valence electrons. The lowest BCUT2D eigenvalue weighted by molar-refractivity contribution is -0.142. The molecule has 0 unspecified atom stereocenters. The summed E-state index contributed by atoms with van der Waals surface area (Å²) in [7, 11) is 0. The molecule has 3 rings (SSSR count). The van der Waals surface area contributed by atoms with Gasteiger partial charge in [0.25, 0.3) is 0 Å². The minimum absolute atomic E-state index is 0.175. The fourth-order valence-corrected chi connectivity index (χ4v) is 1.99. The van der Waals surface area contributed by atoms with Gasteiger partial charge >= 0.3 is 5.97 Å². The Kier molecular flexibility index (Phi) is 3.56. The second kappa shape index (κ2) is 5.43. The molecule has 0 fully saturated rings. The van der Waals surface area contributed by atoms with E-state index < -0.39 is 5.41 Å². The first-order chi connectivity index (χ1) is 10.8. The van der Waals surface area contributed by atoms with Gasteiger partial charge in [0.15, 0.2) is 5.76 Å². The number of furan rings is 1. The van der Waals surface area contributed by atoms with E-state index in [-0.39, 0.29) is 17.5 Å². The summed E-state index contributed by atoms with van der Waals surface area (Å²) >= 11 is 0. The van der Waals surface area contributed by atoms with Gasteiger partial charge in [-0.15, -0.1) is 0 Å². The van der Waals surface area contributed by atoms with Crippen LogP contribution in [-0.2, 0) is 4.79 Å². The average molecular weight is 312 g/mol. The maximum atomic E-state index is 12.3. The van der Waals surface area contributed by atoms with Crippen LogP contribution in [0.15, 0.2) is 46.8 Å². The molecule has 0 spiro atoms. The normalized spacial score (nSPS) is 15.4. The second-order valence-corrected chi connectivity index (χ2v) is 6.25. The van der Waals surface area contributed by atoms with Gasteiger partial charge in [-0.3, -0.25) is 9.59 Å². The highest BCUT2D eigenvalue weighted by Crippen LogP contribution is 2.35. The molecule has 0 bridgehead atoms. The standard InChI is InChI=1S/C18H16O5/c1-18(2,3)17(20)22-12-6-7-13-14(10-12)23-15(16(13)19)9-11-5-4-8-21-11/h4-10H,1-3H3/b15-9-. The molecule has 0 saturated heterocycles. The zero-order valence-corrected chi connectivity index (χ0v) is 13.1. The molecule has 0 N–H and O–H groups in total. The molecular weight excluding hydrogens is 296 g/mol. The highest BCUT2D eigenvalue weighted by atomic mass is 16.5. The zero-order chi connectivity index (χ0) is 16.6. The monoisotopic (exact) mass is 312 g/mol. The quantitative estimate of drug-likeness (QED) is 0.479. The SMILES string of the molecule is CC(C)(C)C(=O)Oc1ccc2c(c1)O/C(=C\c1ccco1)C2=O. The Morgan fingerprint density at radius 1 is 1.22 bits per heavy atom. The van der Waals surface area contributed by atoms with Gasteiger partial charge in [0.05, 0.1) is 17.2 Å². The first-order valence-corrected chi connectivity index (χ1v) is 7.19. The number of ether oxygens (including phenoxy) is 2. The molecule has 0 saturated carbocycles. The molecule has 1 aromatic heterocycles. The van der Waals surface area contributed by atoms with Gasteiger partial charge in [0.1, 0.15) is 17.3 Å². The fourth-order valence-electron chi connectivity index (χ4n) is 1.99. The van der Waals surface area contributed by atoms with Crippen molar-refractivity contribution < 1.29 is 23.5 Å². The van der Waals surface area contributed by atoms with Crippen LogP contribution in [0.2, 0.25) is 0 Å². The van der Waals surface area contributed by atoms with Gasteiger partial charge in [-0.2, -0.15) is 0 Å². The Morgan fingerprint density at radius 3 is 2.65 bits per heavy atom. The Hall–Kier alpha value is -2.82. The van der Waals surface area contributed by atoms with E-state index in [9.17, 15) is 9.59 Å². The van der Waals surface area contributed by atoms with Crippen molar-refractivity contribution in [3.8, 4) is 11.5 Å². The number of rotatable bonds is 2. The Labute approximate surface area is 133 Å². The van der Waals surface area contributed by atoms with Gasteiger partial charge in [0, 0.05) is 12.1 Å². The lowest BCUT2D eigenvalue weighted by Crippen LogP contribution is -2.25. The molecule has 2 heterocycles. The number of ketones is 1. The minimum Gasteiger partial charge on any atom is -0.465 e. The van der Waals surface area contributed by atoms with Gasteiger partial charge < -0.3 is 13.9 Å². The van der Waals surface area contributed by atoms with Crippen molar-refractivity contribution in [3.05, 3.63) is 53.7 Å². The summed E-state index contributed by atoms with van der Waals surface area (Å²) < 4.78 is 16.1. The van der Waals surface area contributed by atoms with Crippen molar-refractivity contribution in [2.75, 3.05) is 0 Å². The summed E-state index contributed by atoms with van der Waals surface area (Å²) in [5.74, 6) is 0.829. The van der Waals surface area contributed by atoms with E-state index in [2.05, 4.69) is 0 Å². The summed E-state index contributed by atoms with van der Waals surface area (Å²) in [5.41, 5.74) is -0.182. The fraction of sp³-hybridized carbons (Fsp3) is 0.222. The summed E-state index contributed by atoms with van der Waals surface area (Å²) in [6.45, 7) is 5.31. The van der Waals surface area contributed by atoms with Gasteiger partial charge in [-0.25, -0.2) is 0 Å². The highest BCUT2D eigenvalue weighted by Gasteiger charge is 2.29. The topological polar surface area (TPSA) is 65.7 Å². The van der Waals surface area contributed by atoms with Gasteiger partial charge in [-0.1, -0.05) is 0 Å². The smallest absolute Gasteiger partial charge is 0.316 e. The molecule has 0 atom stereocenters. The van der Waals surface area contributed by atoms with E-state index in [1.165, 1.54) is 12.3 Å². The van der Waals surface area contributed by atoms with Crippen LogP contribution in [0.1, 0.15) is 36.9 Å². The van der Waals surface area contributed by atoms with Crippen LogP contribution >= 0.6 is 0 Å². The largest absolute Gasteiger partial charge is 0.465 e. The summed E-state index contributed by atoms with van der Waals surface area (Å²) in [6, 6.07) is 8.16. The van der Waals surface area contributed by atoms with E-state index in [1.807, 2.05) is 0 Å². The van der Waals surface area contributed by atoms with Crippen molar-refractivity contribution in [2.24, 2.45) is 5.41 Å². The van der Waals surface area contributed by atoms with Crippen LogP contribution in [0.25, 0.3) is 6.08 Å². The molecule has 2 aromatic rings. The number of hydrogen-bond acceptors (Lipinski definition) is 5. The van der Waals surface area contributed by atoms with Crippen LogP contribution in [-0.4, -0.2) is 11.8 Å². The van der Waals surface area contributed by atoms with Crippen molar-refractivity contribution in [2.45, 2.75) is 20.8 Å². The summed E-state index contributed by atoms with van der Waals surface area (Å²) in [4.78, 5) is 24.2. The Balaban J connectivity index is 1.84. The van der Waals surface area contributed by atoms with Crippen LogP contribution in [0, 0.1) is 5.41 Å². The third kappa shape index (κ3) is 3.04. The van der Waals surface area contributed by atoms with E-state index in [1.54, 1.807) is 51.1 Å². The third-order valence-electron chi connectivity index (χ3n) is 3.28. The van der Waals surface area contributed by atoms with Gasteiger partial charge in [0.2, 0.25) is 5.78 Å². The maximum absolute atomic E-state index is 12.3. The molecule has 23 heavy (non-hydrogen) atoms. The van der Waals surface area contributed by atoms with Crippen LogP contribution in [0.3, 0.4) is 0 Å². The molecule has 1 aliphatic heterocycles. The lowest BCUT2D eigenvalue weighted by atomic mass is 9.97. The molecular formula is C18H16O5. The summed E-state index contributed by atoms with van der Waals surface area (Å²) in [5, 5.41) is 0. The highest BCUT2D eigenvalue weighted by molar-refractivity contribution is 6.14. The number of esters is 1. The van der Waals surface area contributed by atoms with E-state index in [0.29, 0.717) is 22.8 Å². The average Bonchev–Trinajstić information content (AvgIpc) is 3.07. The minimum atomic E-state index is -0.611. The van der Waals surface area contributed by atoms with Crippen LogP contribution in [0.4, 0.5) is 0 Å². The van der Waals surface area contributed by atoms with E-state index in [4.69, 9.17) is 13.9 Å². The maximum Gasteiger partial charge on any atom is 0.316 e. The molecule has 5 nitrogen and oxygen atoms in total. The number of fused-ring (bicyclic) bond motifs is 1. The molecule has 1 aliphatic rings. The second-order valence-electron chi connectivity index (χ2n) is 6.25. The van der Waals surface area contributed by atoms with Crippen molar-refractivity contribution in [1.29, 1.82) is 0 Å². The van der Waals surface area contributed by atoms with E-state index in [0.717, 1.165) is 0 Å². The molecule has 5 heteroatoms. The first kappa shape index (κ1) is 15.1. The van der Waals surface area contributed by atoms with E-state index >= 15 is 0 Å². The van der Waals surface area contributed by atoms with Crippen molar-refractivity contribution in [3.63, 3.8) is 0 Å². The number of hydrogen-bond donors (Lipinski definition) is 0. The zero-order valence-electron chi connectivity index (χ0n) is 13.1. The molecule has 1 aromatic carbocycles. The summed E-state index contributed by atoms with van der Waals surface area (Å²) in [6.07, 6.45) is 3.05. The number of Topliss-reactive ketones (excluding diaryl/α,β-unsaturated/α-hetero) is 1. The van der Waals surface area contributed by atoms with Crippen molar-refractivity contribution in [1.82, 2.24) is 0 Å². The third-order valence-corrected chi connectivity index (χ3v) is 3.28. The molecule has 0 amide bonds. The predicted molar refractivity (Wildman–Crippen MR) is 83.2 cm³/mol. The lowest BCUT2D eigenvalue weighted by Gasteiger charge is -2.16. The number of carbonyl (C=O) groups excluding carboxylic acids is 2. The Morgan fingerprint density at radius 2 is 2.00 bits per heavy atom. The first-order valence-electron chi connectivity index (χ1n) is 7.19. The number of carbonyl (C=O) groups is 2. The van der Waals surface area contributed by atoms with Crippen LogP contribution in [0.5, 0.6) is 11.5 Å². The molecule has 0 aliphatic carbocycles. The van der Waals surface area contributed by atoms with Crippen LogP contribution < -0.4 is 9.47 Å². The molecule has 0 radical (unpaired) electrons. The van der Waals surface area contributed by atoms with Crippen molar-refractivity contribution >= 4 is 17.8 Å². The number of benzene rings is 1. The predicted octanol–water partition coefficient (Wildman–Crippen LogP) is 3.85.